The molecule has 0 spiro atoms. The van der Waals surface area contributed by atoms with E-state index in [2.05, 4.69) is 9.47 Å². The van der Waals surface area contributed by atoms with E-state index in [4.69, 9.17) is 5.11 Å². The molecule has 0 aromatic carbocycles. The van der Waals surface area contributed by atoms with E-state index >= 15 is 0 Å². The van der Waals surface area contributed by atoms with Gasteiger partial charge in [0.05, 0.1) is 26.4 Å². The summed E-state index contributed by atoms with van der Waals surface area (Å²) in [6, 6.07) is 0. The van der Waals surface area contributed by atoms with Gasteiger partial charge in [-0.2, -0.15) is 48.3 Å². The van der Waals surface area contributed by atoms with Crippen LogP contribution in [0.3, 0.4) is 0 Å². The Bertz CT molecular complexity index is 423. The second-order valence-electron chi connectivity index (χ2n) is 4.98. The fourth-order valence-electron chi connectivity index (χ4n) is 1.54. The van der Waals surface area contributed by atoms with Crippen LogP contribution in [-0.2, 0) is 9.47 Å². The van der Waals surface area contributed by atoms with Gasteiger partial charge in [0, 0.05) is 13.0 Å². The van der Waals surface area contributed by atoms with Crippen LogP contribution in [0.2, 0.25) is 0 Å². The third-order valence-corrected chi connectivity index (χ3v) is 2.99. The van der Waals surface area contributed by atoms with Gasteiger partial charge >= 0.3 is 29.9 Å². The maximum absolute atomic E-state index is 13.3. The number of aliphatic hydroxyl groups excluding tert-OH is 1. The van der Waals surface area contributed by atoms with Crippen LogP contribution in [0.15, 0.2) is 0 Å². The van der Waals surface area contributed by atoms with Crippen LogP contribution in [0, 0.1) is 0 Å². The number of rotatable bonds is 12. The molecule has 0 aromatic rings. The summed E-state index contributed by atoms with van der Waals surface area (Å²) >= 11 is 0. The Morgan fingerprint density at radius 1 is 0.577 bits per heavy atom. The van der Waals surface area contributed by atoms with Crippen LogP contribution in [-0.4, -0.2) is 68.0 Å². The van der Waals surface area contributed by atoms with Gasteiger partial charge in [-0.15, -0.1) is 0 Å². The minimum atomic E-state index is -7.37. The summed E-state index contributed by atoms with van der Waals surface area (Å²) in [5.41, 5.74) is 0. The van der Waals surface area contributed by atoms with Crippen LogP contribution in [0.5, 0.6) is 0 Å². The number of hydrogen-bond acceptors (Lipinski definition) is 3. The van der Waals surface area contributed by atoms with Crippen molar-refractivity contribution in [3.63, 3.8) is 0 Å². The van der Waals surface area contributed by atoms with Crippen LogP contribution in [0.1, 0.15) is 12.8 Å². The molecular weight excluding hydrogens is 401 g/mol. The Hall–Kier alpha value is -0.890. The summed E-state index contributed by atoms with van der Waals surface area (Å²) in [5, 5.41) is 8.34. The third kappa shape index (κ3) is 5.31. The lowest BCUT2D eigenvalue weighted by molar-refractivity contribution is -0.422. The molecule has 0 atom stereocenters. The first-order valence-electron chi connectivity index (χ1n) is 6.90. The van der Waals surface area contributed by atoms with Gasteiger partial charge in [-0.3, -0.25) is 0 Å². The summed E-state index contributed by atoms with van der Waals surface area (Å²) in [6.07, 6.45) is -10.3. The number of alkyl halides is 11. The van der Waals surface area contributed by atoms with Crippen LogP contribution < -0.4 is 0 Å². The zero-order chi connectivity index (χ0) is 20.9. The van der Waals surface area contributed by atoms with Crippen molar-refractivity contribution >= 4 is 0 Å². The minimum absolute atomic E-state index is 0.0733. The van der Waals surface area contributed by atoms with Crippen molar-refractivity contribution < 1.29 is 62.9 Å². The Balaban J connectivity index is 4.83. The highest BCUT2D eigenvalue weighted by Gasteiger charge is 2.86. The molecule has 0 rings (SSSR count). The third-order valence-electron chi connectivity index (χ3n) is 2.99. The molecule has 0 heterocycles. The molecule has 0 radical (unpaired) electrons. The lowest BCUT2D eigenvalue weighted by Gasteiger charge is -2.37. The normalized spacial score (nSPS) is 14.8. The molecule has 14 heteroatoms. The fraction of sp³-hybridized carbons (Fsp3) is 1.00. The van der Waals surface area contributed by atoms with Gasteiger partial charge in [-0.25, -0.2) is 0 Å². The average molecular weight is 416 g/mol. The lowest BCUT2D eigenvalue weighted by Crippen LogP contribution is -2.66. The standard InChI is InChI=1S/C12H15F11O3/c13-8(14,2-1-4-25-6-7-26-5-3-24)9(15,16)10(17,18)11(19,20)12(21,22)23/h24H,1-7H2. The molecule has 0 aromatic heterocycles. The van der Waals surface area contributed by atoms with Crippen molar-refractivity contribution in [3.05, 3.63) is 0 Å². The molecule has 0 aliphatic heterocycles. The molecule has 0 unspecified atom stereocenters. The molecule has 0 amide bonds. The van der Waals surface area contributed by atoms with E-state index in [0.717, 1.165) is 0 Å². The summed E-state index contributed by atoms with van der Waals surface area (Å²) in [6.45, 7) is -1.46. The van der Waals surface area contributed by atoms with E-state index in [1.807, 2.05) is 0 Å². The predicted octanol–water partition coefficient (Wildman–Crippen LogP) is 3.90. The first kappa shape index (κ1) is 25.1. The zero-order valence-electron chi connectivity index (χ0n) is 12.9. The Labute approximate surface area is 140 Å². The van der Waals surface area contributed by atoms with E-state index < -0.39 is 49.3 Å². The molecule has 26 heavy (non-hydrogen) atoms. The van der Waals surface area contributed by atoms with Crippen LogP contribution in [0.25, 0.3) is 0 Å². The second kappa shape index (κ2) is 8.87. The molecule has 3 nitrogen and oxygen atoms in total. The molecule has 0 saturated heterocycles. The van der Waals surface area contributed by atoms with Crippen molar-refractivity contribution in [2.24, 2.45) is 0 Å². The van der Waals surface area contributed by atoms with Gasteiger partial charge in [0.2, 0.25) is 0 Å². The van der Waals surface area contributed by atoms with E-state index in [1.54, 1.807) is 0 Å². The van der Waals surface area contributed by atoms with Gasteiger partial charge in [0.25, 0.3) is 0 Å². The van der Waals surface area contributed by atoms with Crippen molar-refractivity contribution in [1.82, 2.24) is 0 Å². The maximum atomic E-state index is 13.3. The van der Waals surface area contributed by atoms with Crippen molar-refractivity contribution in [3.8, 4) is 0 Å². The fourth-order valence-corrected chi connectivity index (χ4v) is 1.54. The van der Waals surface area contributed by atoms with Gasteiger partial charge in [0.1, 0.15) is 0 Å². The monoisotopic (exact) mass is 416 g/mol. The predicted molar refractivity (Wildman–Crippen MR) is 63.8 cm³/mol. The molecule has 158 valence electrons. The number of aliphatic hydroxyl groups is 1. The number of halogens is 11. The Morgan fingerprint density at radius 2 is 1.04 bits per heavy atom. The topological polar surface area (TPSA) is 38.7 Å². The molecule has 0 aliphatic carbocycles. The van der Waals surface area contributed by atoms with Crippen molar-refractivity contribution in [2.75, 3.05) is 33.0 Å². The molecule has 0 bridgehead atoms. The van der Waals surface area contributed by atoms with Crippen molar-refractivity contribution in [2.45, 2.75) is 42.7 Å². The largest absolute Gasteiger partial charge is 0.460 e. The van der Waals surface area contributed by atoms with Gasteiger partial charge in [-0.1, -0.05) is 0 Å². The summed E-state index contributed by atoms with van der Waals surface area (Å²) in [5.74, 6) is -27.6. The SMILES string of the molecule is OCCOCCOCCCC(F)(F)C(F)(F)C(F)(F)C(F)(F)C(F)(F)F. The van der Waals surface area contributed by atoms with Gasteiger partial charge < -0.3 is 14.6 Å². The highest BCUT2D eigenvalue weighted by molar-refractivity contribution is 5.06. The molecule has 0 aliphatic rings. The highest BCUT2D eigenvalue weighted by atomic mass is 19.4. The highest BCUT2D eigenvalue weighted by Crippen LogP contribution is 2.58. The molecule has 0 saturated carbocycles. The Kier molecular flexibility index (Phi) is 8.56. The Morgan fingerprint density at radius 3 is 1.46 bits per heavy atom. The van der Waals surface area contributed by atoms with E-state index in [-0.39, 0.29) is 26.4 Å². The van der Waals surface area contributed by atoms with E-state index in [0.29, 0.717) is 0 Å². The first-order chi connectivity index (χ1) is 11.6. The van der Waals surface area contributed by atoms with Crippen LogP contribution >= 0.6 is 0 Å². The van der Waals surface area contributed by atoms with Crippen molar-refractivity contribution in [1.29, 1.82) is 0 Å². The smallest absolute Gasteiger partial charge is 0.394 e. The number of hydrogen-bond donors (Lipinski definition) is 1. The lowest BCUT2D eigenvalue weighted by atomic mass is 9.95. The number of ether oxygens (including phenoxy) is 2. The molecular formula is C12H15F11O3. The summed E-state index contributed by atoms with van der Waals surface area (Å²) < 4.78 is 149. The maximum Gasteiger partial charge on any atom is 0.460 e. The molecule has 1 N–H and O–H groups in total. The summed E-state index contributed by atoms with van der Waals surface area (Å²) in [4.78, 5) is 0. The second-order valence-corrected chi connectivity index (χ2v) is 4.98. The van der Waals surface area contributed by atoms with Gasteiger partial charge in [0.15, 0.2) is 0 Å². The minimum Gasteiger partial charge on any atom is -0.394 e. The average Bonchev–Trinajstić information content (AvgIpc) is 2.48. The first-order valence-corrected chi connectivity index (χ1v) is 6.90. The summed E-state index contributed by atoms with van der Waals surface area (Å²) in [7, 11) is 0. The quantitative estimate of drug-likeness (QED) is 0.388. The van der Waals surface area contributed by atoms with Crippen LogP contribution in [0.4, 0.5) is 48.3 Å². The zero-order valence-corrected chi connectivity index (χ0v) is 12.9. The van der Waals surface area contributed by atoms with E-state index in [1.165, 1.54) is 0 Å². The van der Waals surface area contributed by atoms with E-state index in [9.17, 15) is 48.3 Å². The van der Waals surface area contributed by atoms with Gasteiger partial charge in [-0.05, 0) is 6.42 Å². The molecule has 0 fully saturated rings.